The van der Waals surface area contributed by atoms with E-state index in [4.69, 9.17) is 9.52 Å². The van der Waals surface area contributed by atoms with Gasteiger partial charge in [-0.3, -0.25) is 9.20 Å². The minimum Gasteiger partial charge on any atom is -0.478 e. The molecule has 0 saturated carbocycles. The second-order valence-corrected chi connectivity index (χ2v) is 6.86. The third-order valence-corrected chi connectivity index (χ3v) is 4.80. The highest BCUT2D eigenvalue weighted by Gasteiger charge is 2.12. The van der Waals surface area contributed by atoms with E-state index < -0.39 is 5.97 Å². The van der Waals surface area contributed by atoms with Crippen molar-refractivity contribution in [3.63, 3.8) is 0 Å². The smallest absolute Gasteiger partial charge is 0.335 e. The summed E-state index contributed by atoms with van der Waals surface area (Å²) in [4.78, 5) is 36.1. The molecule has 3 aromatic heterocycles. The van der Waals surface area contributed by atoms with Gasteiger partial charge >= 0.3 is 5.97 Å². The molecular formula is C22H15N5O4. The van der Waals surface area contributed by atoms with Gasteiger partial charge in [0.05, 0.1) is 11.1 Å². The first-order valence-electron chi connectivity index (χ1n) is 9.37. The molecule has 0 fully saturated rings. The molecule has 9 nitrogen and oxygen atoms in total. The first-order chi connectivity index (χ1) is 15.1. The number of nitrogens with one attached hydrogen (secondary N) is 1. The van der Waals surface area contributed by atoms with Gasteiger partial charge in [-0.1, -0.05) is 12.1 Å². The predicted octanol–water partition coefficient (Wildman–Crippen LogP) is 3.17. The van der Waals surface area contributed by atoms with Crippen molar-refractivity contribution in [3.05, 3.63) is 83.9 Å². The zero-order chi connectivity index (χ0) is 21.4. The molecule has 0 aliphatic heterocycles. The number of hydrogen-bond donors (Lipinski definition) is 2. The Labute approximate surface area is 175 Å². The third kappa shape index (κ3) is 3.60. The largest absolute Gasteiger partial charge is 0.478 e. The molecule has 31 heavy (non-hydrogen) atoms. The van der Waals surface area contributed by atoms with E-state index in [0.29, 0.717) is 34.9 Å². The molecule has 0 spiro atoms. The van der Waals surface area contributed by atoms with Crippen LogP contribution in [0.3, 0.4) is 0 Å². The van der Waals surface area contributed by atoms with Crippen molar-refractivity contribution in [1.82, 2.24) is 24.7 Å². The number of aromatic nitrogens is 4. The average Bonchev–Trinajstić information content (AvgIpc) is 3.43. The lowest BCUT2D eigenvalue weighted by atomic mass is 10.1. The van der Waals surface area contributed by atoms with Gasteiger partial charge in [0, 0.05) is 36.9 Å². The van der Waals surface area contributed by atoms with Crippen LogP contribution in [0.4, 0.5) is 0 Å². The van der Waals surface area contributed by atoms with Crippen molar-refractivity contribution in [2.75, 3.05) is 0 Å². The van der Waals surface area contributed by atoms with Crippen molar-refractivity contribution in [3.8, 4) is 11.5 Å². The summed E-state index contributed by atoms with van der Waals surface area (Å²) < 4.78 is 7.41. The van der Waals surface area contributed by atoms with Crippen molar-refractivity contribution in [2.24, 2.45) is 0 Å². The zero-order valence-corrected chi connectivity index (χ0v) is 16.0. The fraction of sp³-hybridized carbons (Fsp3) is 0.0455. The highest BCUT2D eigenvalue weighted by molar-refractivity contribution is 5.94. The Bertz CT molecular complexity index is 1440. The molecular weight excluding hydrogens is 398 g/mol. The highest BCUT2D eigenvalue weighted by Crippen LogP contribution is 2.25. The summed E-state index contributed by atoms with van der Waals surface area (Å²) in [5.41, 5.74) is 3.24. The van der Waals surface area contributed by atoms with E-state index >= 15 is 0 Å². The maximum Gasteiger partial charge on any atom is 0.335 e. The summed E-state index contributed by atoms with van der Waals surface area (Å²) in [7, 11) is 0. The molecule has 0 aliphatic rings. The molecule has 152 valence electrons. The number of nitrogens with zero attached hydrogens (tertiary/aromatic N) is 4. The Kier molecular flexibility index (Phi) is 4.40. The molecule has 0 unspecified atom stereocenters. The topological polar surface area (TPSA) is 123 Å². The first-order valence-corrected chi connectivity index (χ1v) is 9.37. The van der Waals surface area contributed by atoms with Crippen molar-refractivity contribution < 1.29 is 19.1 Å². The minimum absolute atomic E-state index is 0.154. The van der Waals surface area contributed by atoms with Gasteiger partial charge in [0.2, 0.25) is 11.7 Å². The minimum atomic E-state index is -1.02. The van der Waals surface area contributed by atoms with Crippen LogP contribution in [0.25, 0.3) is 28.3 Å². The number of carboxylic acid groups (broad SMARTS) is 1. The van der Waals surface area contributed by atoms with Crippen LogP contribution in [0.1, 0.15) is 26.3 Å². The molecule has 0 radical (unpaired) electrons. The molecule has 1 amide bonds. The quantitative estimate of drug-likeness (QED) is 0.454. The molecule has 2 aromatic carbocycles. The van der Waals surface area contributed by atoms with Crippen molar-refractivity contribution in [2.45, 2.75) is 6.54 Å². The van der Waals surface area contributed by atoms with Gasteiger partial charge < -0.3 is 14.8 Å². The number of carbonyl (C=O) groups excluding carboxylic acids is 1. The fourth-order valence-corrected chi connectivity index (χ4v) is 3.17. The van der Waals surface area contributed by atoms with Gasteiger partial charge in [0.1, 0.15) is 5.52 Å². The van der Waals surface area contributed by atoms with Gasteiger partial charge in [-0.15, -0.1) is 0 Å². The second kappa shape index (κ2) is 7.38. The standard InChI is InChI=1S/C22H15N5O4/c28-19(16-11-25-22-23-7-8-27(22)12-16)24-10-13-1-3-14(4-2-13)20-26-17-9-15(21(29)30)5-6-18(17)31-20/h1-9,11-12H,10H2,(H,24,28)(H,29,30). The first kappa shape index (κ1) is 18.5. The summed E-state index contributed by atoms with van der Waals surface area (Å²) in [6.07, 6.45) is 6.51. The number of fused-ring (bicyclic) bond motifs is 2. The zero-order valence-electron chi connectivity index (χ0n) is 16.0. The third-order valence-electron chi connectivity index (χ3n) is 4.80. The summed E-state index contributed by atoms with van der Waals surface area (Å²) in [5.74, 6) is -0.322. The van der Waals surface area contributed by atoms with Crippen molar-refractivity contribution in [1.29, 1.82) is 0 Å². The highest BCUT2D eigenvalue weighted by atomic mass is 16.4. The normalized spacial score (nSPS) is 11.1. The molecule has 0 atom stereocenters. The maximum absolute atomic E-state index is 12.4. The molecule has 5 rings (SSSR count). The van der Waals surface area contributed by atoms with E-state index in [9.17, 15) is 9.59 Å². The van der Waals surface area contributed by atoms with E-state index in [1.54, 1.807) is 29.1 Å². The molecule has 0 saturated heterocycles. The number of imidazole rings is 1. The van der Waals surface area contributed by atoms with E-state index in [1.807, 2.05) is 24.3 Å². The Morgan fingerprint density at radius 3 is 2.71 bits per heavy atom. The van der Waals surface area contributed by atoms with Crippen LogP contribution in [0, 0.1) is 0 Å². The van der Waals surface area contributed by atoms with Crippen LogP contribution in [-0.2, 0) is 6.54 Å². The lowest BCUT2D eigenvalue weighted by molar-refractivity contribution is 0.0696. The van der Waals surface area contributed by atoms with E-state index in [0.717, 1.165) is 11.1 Å². The molecule has 0 bridgehead atoms. The number of amides is 1. The van der Waals surface area contributed by atoms with Crippen LogP contribution in [0.5, 0.6) is 0 Å². The van der Waals surface area contributed by atoms with Crippen LogP contribution in [-0.4, -0.2) is 36.3 Å². The average molecular weight is 413 g/mol. The Morgan fingerprint density at radius 1 is 1.06 bits per heavy atom. The molecule has 0 aliphatic carbocycles. The molecule has 2 N–H and O–H groups in total. The second-order valence-electron chi connectivity index (χ2n) is 6.86. The number of aromatic carboxylic acids is 1. The summed E-state index contributed by atoms with van der Waals surface area (Å²) in [5, 5.41) is 12.0. The summed E-state index contributed by atoms with van der Waals surface area (Å²) in [6.45, 7) is 0.344. The van der Waals surface area contributed by atoms with Gasteiger partial charge in [0.15, 0.2) is 5.58 Å². The van der Waals surface area contributed by atoms with Crippen LogP contribution in [0.15, 0.2) is 71.7 Å². The Morgan fingerprint density at radius 2 is 1.90 bits per heavy atom. The summed E-state index contributed by atoms with van der Waals surface area (Å²) >= 11 is 0. The molecule has 5 aromatic rings. The maximum atomic E-state index is 12.4. The number of rotatable bonds is 5. The van der Waals surface area contributed by atoms with Gasteiger partial charge in [-0.05, 0) is 35.9 Å². The Hall–Kier alpha value is -4.53. The SMILES string of the molecule is O=C(O)c1ccc2oc(-c3ccc(CNC(=O)c4cnc5nccn5c4)cc3)nc2c1. The lowest BCUT2D eigenvalue weighted by Crippen LogP contribution is -2.23. The van der Waals surface area contributed by atoms with E-state index in [-0.39, 0.29) is 11.5 Å². The molecule has 9 heteroatoms. The van der Waals surface area contributed by atoms with Crippen LogP contribution >= 0.6 is 0 Å². The number of carboxylic acids is 1. The lowest BCUT2D eigenvalue weighted by Gasteiger charge is -2.06. The van der Waals surface area contributed by atoms with Crippen molar-refractivity contribution >= 4 is 28.8 Å². The van der Waals surface area contributed by atoms with Gasteiger partial charge in [-0.25, -0.2) is 19.7 Å². The summed E-state index contributed by atoms with van der Waals surface area (Å²) in [6, 6.07) is 12.0. The number of carbonyl (C=O) groups is 2. The van der Waals surface area contributed by atoms with Gasteiger partial charge in [-0.2, -0.15) is 0 Å². The van der Waals surface area contributed by atoms with Gasteiger partial charge in [0.25, 0.3) is 5.91 Å². The monoisotopic (exact) mass is 413 g/mol. The fourth-order valence-electron chi connectivity index (χ4n) is 3.17. The van der Waals surface area contributed by atoms with E-state index in [2.05, 4.69) is 20.3 Å². The number of benzene rings is 2. The van der Waals surface area contributed by atoms with E-state index in [1.165, 1.54) is 18.3 Å². The Balaban J connectivity index is 1.29. The van der Waals surface area contributed by atoms with Crippen LogP contribution in [0.2, 0.25) is 0 Å². The number of oxazole rings is 1. The number of hydrogen-bond acceptors (Lipinski definition) is 6. The van der Waals surface area contributed by atoms with Crippen LogP contribution < -0.4 is 5.32 Å². The predicted molar refractivity (Wildman–Crippen MR) is 111 cm³/mol. The molecule has 3 heterocycles.